The molecule has 1 rings (SSSR count). The highest BCUT2D eigenvalue weighted by Crippen LogP contribution is 2.07. The molecule has 0 atom stereocenters. The number of hydrogen-bond donors (Lipinski definition) is 2. The van der Waals surface area contributed by atoms with Gasteiger partial charge < -0.3 is 10.2 Å². The number of aliphatic hydroxyl groups is 2. The van der Waals surface area contributed by atoms with Crippen LogP contribution in [0.3, 0.4) is 0 Å². The third-order valence-electron chi connectivity index (χ3n) is 2.12. The van der Waals surface area contributed by atoms with E-state index < -0.39 is 0 Å². The summed E-state index contributed by atoms with van der Waals surface area (Å²) in [6, 6.07) is 0. The Kier molecular flexibility index (Phi) is 3.92. The van der Waals surface area contributed by atoms with Crippen LogP contribution >= 0.6 is 0 Å². The first kappa shape index (κ1) is 10.2. The maximum Gasteiger partial charge on any atom is 0.0521 e. The zero-order valence-corrected chi connectivity index (χ0v) is 7.85. The highest BCUT2D eigenvalue weighted by molar-refractivity contribution is 5.03. The van der Waals surface area contributed by atoms with Gasteiger partial charge in [-0.3, -0.25) is 4.68 Å². The average Bonchev–Trinajstić information content (AvgIpc) is 2.53. The van der Waals surface area contributed by atoms with Gasteiger partial charge in [-0.15, -0.1) is 0 Å². The third kappa shape index (κ3) is 3.16. The molecule has 0 saturated heterocycles. The number of nitrogens with zero attached hydrogens (tertiary/aromatic N) is 2. The highest BCUT2D eigenvalue weighted by atomic mass is 16.3. The molecule has 4 heteroatoms. The number of aromatic nitrogens is 2. The molecule has 13 heavy (non-hydrogen) atoms. The topological polar surface area (TPSA) is 58.3 Å². The molecular weight excluding hydrogens is 168 g/mol. The number of aryl methyl sites for hydroxylation is 2. The SMILES string of the molecule is Cn1cc(CCC(CO)CO)cn1. The Bertz CT molecular complexity index is 244. The Hall–Kier alpha value is -0.870. The van der Waals surface area contributed by atoms with Crippen LogP contribution in [0.2, 0.25) is 0 Å². The van der Waals surface area contributed by atoms with Crippen LogP contribution in [0.4, 0.5) is 0 Å². The molecule has 0 spiro atoms. The largest absolute Gasteiger partial charge is 0.396 e. The molecule has 0 bridgehead atoms. The summed E-state index contributed by atoms with van der Waals surface area (Å²) in [5.41, 5.74) is 1.15. The molecule has 0 aliphatic carbocycles. The number of aliphatic hydroxyl groups excluding tert-OH is 2. The summed E-state index contributed by atoms with van der Waals surface area (Å²) in [5, 5.41) is 21.7. The van der Waals surface area contributed by atoms with Gasteiger partial charge in [-0.05, 0) is 18.4 Å². The summed E-state index contributed by atoms with van der Waals surface area (Å²) in [6.45, 7) is 0.105. The Morgan fingerprint density at radius 3 is 2.62 bits per heavy atom. The molecule has 0 saturated carbocycles. The molecule has 0 fully saturated rings. The fourth-order valence-corrected chi connectivity index (χ4v) is 1.21. The van der Waals surface area contributed by atoms with Gasteiger partial charge >= 0.3 is 0 Å². The summed E-state index contributed by atoms with van der Waals surface area (Å²) in [5.74, 6) is 0.000191. The molecule has 0 aliphatic heterocycles. The van der Waals surface area contributed by atoms with E-state index in [0.29, 0.717) is 0 Å². The van der Waals surface area contributed by atoms with Gasteiger partial charge in [0.05, 0.1) is 6.20 Å². The van der Waals surface area contributed by atoms with Gasteiger partial charge in [0.25, 0.3) is 0 Å². The van der Waals surface area contributed by atoms with E-state index in [2.05, 4.69) is 5.10 Å². The predicted octanol–water partition coefficient (Wildman–Crippen LogP) is -0.0465. The van der Waals surface area contributed by atoms with E-state index in [1.165, 1.54) is 0 Å². The Morgan fingerprint density at radius 1 is 1.46 bits per heavy atom. The average molecular weight is 184 g/mol. The van der Waals surface area contributed by atoms with Crippen molar-refractivity contribution in [1.29, 1.82) is 0 Å². The van der Waals surface area contributed by atoms with Gasteiger partial charge in [0.1, 0.15) is 0 Å². The van der Waals surface area contributed by atoms with Crippen molar-refractivity contribution in [2.45, 2.75) is 12.8 Å². The van der Waals surface area contributed by atoms with E-state index >= 15 is 0 Å². The molecule has 4 nitrogen and oxygen atoms in total. The summed E-state index contributed by atoms with van der Waals surface area (Å²) in [4.78, 5) is 0. The van der Waals surface area contributed by atoms with Crippen LogP contribution < -0.4 is 0 Å². The molecule has 1 heterocycles. The zero-order chi connectivity index (χ0) is 9.68. The summed E-state index contributed by atoms with van der Waals surface area (Å²) < 4.78 is 1.75. The molecule has 0 aromatic carbocycles. The van der Waals surface area contributed by atoms with Gasteiger partial charge in [0.15, 0.2) is 0 Å². The standard InChI is InChI=1S/C9H16N2O2/c1-11-5-8(4-10-11)2-3-9(6-12)7-13/h4-5,9,12-13H,2-3,6-7H2,1H3. The predicted molar refractivity (Wildman–Crippen MR) is 49.2 cm³/mol. The van der Waals surface area contributed by atoms with Gasteiger partial charge in [-0.25, -0.2) is 0 Å². The van der Waals surface area contributed by atoms with Gasteiger partial charge in [-0.2, -0.15) is 5.10 Å². The van der Waals surface area contributed by atoms with E-state index in [-0.39, 0.29) is 19.1 Å². The van der Waals surface area contributed by atoms with Crippen molar-refractivity contribution < 1.29 is 10.2 Å². The first-order chi connectivity index (χ1) is 6.26. The van der Waals surface area contributed by atoms with Crippen LogP contribution in [-0.4, -0.2) is 33.2 Å². The smallest absolute Gasteiger partial charge is 0.0521 e. The lowest BCUT2D eigenvalue weighted by Gasteiger charge is -2.08. The second kappa shape index (κ2) is 4.99. The minimum atomic E-state index is 0.000191. The van der Waals surface area contributed by atoms with E-state index in [9.17, 15) is 0 Å². The number of rotatable bonds is 5. The van der Waals surface area contributed by atoms with Crippen molar-refractivity contribution in [3.63, 3.8) is 0 Å². The normalized spacial score (nSPS) is 11.1. The van der Waals surface area contributed by atoms with Crippen molar-refractivity contribution in [3.8, 4) is 0 Å². The molecule has 0 amide bonds. The monoisotopic (exact) mass is 184 g/mol. The molecule has 1 aromatic rings. The second-order valence-corrected chi connectivity index (χ2v) is 3.29. The van der Waals surface area contributed by atoms with Gasteiger partial charge in [0, 0.05) is 32.4 Å². The second-order valence-electron chi connectivity index (χ2n) is 3.29. The number of hydrogen-bond acceptors (Lipinski definition) is 3. The summed E-state index contributed by atoms with van der Waals surface area (Å²) in [7, 11) is 1.87. The van der Waals surface area contributed by atoms with E-state index in [1.807, 2.05) is 19.4 Å². The Labute approximate surface area is 77.8 Å². The van der Waals surface area contributed by atoms with Crippen LogP contribution in [0.15, 0.2) is 12.4 Å². The quantitative estimate of drug-likeness (QED) is 0.674. The van der Waals surface area contributed by atoms with Crippen molar-refractivity contribution in [3.05, 3.63) is 18.0 Å². The Morgan fingerprint density at radius 2 is 2.15 bits per heavy atom. The van der Waals surface area contributed by atoms with Crippen molar-refractivity contribution in [1.82, 2.24) is 9.78 Å². The Balaban J connectivity index is 2.33. The van der Waals surface area contributed by atoms with E-state index in [4.69, 9.17) is 10.2 Å². The van der Waals surface area contributed by atoms with Gasteiger partial charge in [0.2, 0.25) is 0 Å². The molecule has 2 N–H and O–H groups in total. The first-order valence-electron chi connectivity index (χ1n) is 4.45. The summed E-state index contributed by atoms with van der Waals surface area (Å²) in [6.07, 6.45) is 5.43. The van der Waals surface area contributed by atoms with Crippen LogP contribution in [0.1, 0.15) is 12.0 Å². The molecule has 0 radical (unpaired) electrons. The maximum absolute atomic E-state index is 8.83. The van der Waals surface area contributed by atoms with E-state index in [1.54, 1.807) is 4.68 Å². The van der Waals surface area contributed by atoms with Crippen LogP contribution in [0.25, 0.3) is 0 Å². The molecular formula is C9H16N2O2. The van der Waals surface area contributed by atoms with Crippen LogP contribution in [-0.2, 0) is 13.5 Å². The lowest BCUT2D eigenvalue weighted by molar-refractivity contribution is 0.144. The van der Waals surface area contributed by atoms with Crippen molar-refractivity contribution in [2.24, 2.45) is 13.0 Å². The van der Waals surface area contributed by atoms with Crippen LogP contribution in [0, 0.1) is 5.92 Å². The molecule has 1 aromatic heterocycles. The lowest BCUT2D eigenvalue weighted by atomic mass is 10.0. The maximum atomic E-state index is 8.83. The van der Waals surface area contributed by atoms with Crippen LogP contribution in [0.5, 0.6) is 0 Å². The lowest BCUT2D eigenvalue weighted by Crippen LogP contribution is -2.11. The molecule has 74 valence electrons. The first-order valence-corrected chi connectivity index (χ1v) is 4.45. The minimum Gasteiger partial charge on any atom is -0.396 e. The minimum absolute atomic E-state index is 0.000191. The third-order valence-corrected chi connectivity index (χ3v) is 2.12. The highest BCUT2D eigenvalue weighted by Gasteiger charge is 2.06. The van der Waals surface area contributed by atoms with Crippen molar-refractivity contribution in [2.75, 3.05) is 13.2 Å². The molecule has 0 unspecified atom stereocenters. The zero-order valence-electron chi connectivity index (χ0n) is 7.85. The van der Waals surface area contributed by atoms with Gasteiger partial charge in [-0.1, -0.05) is 0 Å². The summed E-state index contributed by atoms with van der Waals surface area (Å²) >= 11 is 0. The van der Waals surface area contributed by atoms with Crippen molar-refractivity contribution >= 4 is 0 Å². The fourth-order valence-electron chi connectivity index (χ4n) is 1.21. The van der Waals surface area contributed by atoms with E-state index in [0.717, 1.165) is 18.4 Å². The molecule has 0 aliphatic rings. The fraction of sp³-hybridized carbons (Fsp3) is 0.667.